The monoisotopic (exact) mass is 419 g/mol. The van der Waals surface area contributed by atoms with E-state index in [-0.39, 0.29) is 5.56 Å². The van der Waals surface area contributed by atoms with Crippen molar-refractivity contribution in [2.24, 2.45) is 5.10 Å². The number of aromatic nitrogens is 2. The van der Waals surface area contributed by atoms with Crippen molar-refractivity contribution in [3.63, 3.8) is 0 Å². The third-order valence-electron chi connectivity index (χ3n) is 3.70. The SMILES string of the molecule is CCc1nc2ccc(Br)cc2c(=O)n1N=Cc1cc(Cl)ccc1OC. The van der Waals surface area contributed by atoms with Crippen LogP contribution in [0.25, 0.3) is 10.9 Å². The van der Waals surface area contributed by atoms with Gasteiger partial charge in [-0.15, -0.1) is 0 Å². The number of fused-ring (bicyclic) bond motifs is 1. The molecule has 1 heterocycles. The van der Waals surface area contributed by atoms with Crippen molar-refractivity contribution >= 4 is 44.6 Å². The Bertz CT molecular complexity index is 1030. The van der Waals surface area contributed by atoms with Crippen LogP contribution in [-0.2, 0) is 6.42 Å². The fourth-order valence-electron chi connectivity index (χ4n) is 2.47. The minimum atomic E-state index is -0.222. The first-order valence-corrected chi connectivity index (χ1v) is 8.79. The molecule has 0 spiro atoms. The average Bonchev–Trinajstić information content (AvgIpc) is 2.61. The van der Waals surface area contributed by atoms with E-state index >= 15 is 0 Å². The number of rotatable bonds is 4. The zero-order valence-corrected chi connectivity index (χ0v) is 16.0. The van der Waals surface area contributed by atoms with Crippen LogP contribution in [0.2, 0.25) is 5.02 Å². The molecule has 0 amide bonds. The Kier molecular flexibility index (Phi) is 5.20. The number of ether oxygens (including phenoxy) is 1. The second kappa shape index (κ2) is 7.37. The molecular formula is C18H15BrClN3O2. The third kappa shape index (κ3) is 3.60. The molecule has 0 aliphatic heterocycles. The Hall–Kier alpha value is -2.18. The van der Waals surface area contributed by atoms with Crippen LogP contribution in [-0.4, -0.2) is 23.0 Å². The smallest absolute Gasteiger partial charge is 0.282 e. The lowest BCUT2D eigenvalue weighted by Gasteiger charge is -2.08. The van der Waals surface area contributed by atoms with Crippen LogP contribution in [0.1, 0.15) is 18.3 Å². The molecule has 0 unspecified atom stereocenters. The van der Waals surface area contributed by atoms with E-state index in [1.165, 1.54) is 4.68 Å². The van der Waals surface area contributed by atoms with Gasteiger partial charge in [-0.3, -0.25) is 4.79 Å². The Morgan fingerprint density at radius 3 is 2.84 bits per heavy atom. The lowest BCUT2D eigenvalue weighted by Crippen LogP contribution is -2.22. The van der Waals surface area contributed by atoms with Gasteiger partial charge in [-0.25, -0.2) is 4.98 Å². The maximum absolute atomic E-state index is 12.8. The summed E-state index contributed by atoms with van der Waals surface area (Å²) in [6, 6.07) is 10.6. The molecule has 128 valence electrons. The van der Waals surface area contributed by atoms with Gasteiger partial charge < -0.3 is 4.74 Å². The molecule has 3 aromatic rings. The number of halogens is 2. The normalized spacial score (nSPS) is 11.4. The van der Waals surface area contributed by atoms with Crippen LogP contribution in [0, 0.1) is 0 Å². The number of hydrogen-bond donors (Lipinski definition) is 0. The van der Waals surface area contributed by atoms with E-state index < -0.39 is 0 Å². The second-order valence-electron chi connectivity index (χ2n) is 5.29. The van der Waals surface area contributed by atoms with Crippen LogP contribution in [0.15, 0.2) is 50.8 Å². The zero-order chi connectivity index (χ0) is 18.0. The van der Waals surface area contributed by atoms with E-state index in [4.69, 9.17) is 16.3 Å². The molecule has 0 aliphatic rings. The Balaban J connectivity index is 2.17. The molecule has 1 aromatic heterocycles. The average molecular weight is 421 g/mol. The summed E-state index contributed by atoms with van der Waals surface area (Å²) in [6.07, 6.45) is 2.13. The molecule has 0 N–H and O–H groups in total. The van der Waals surface area contributed by atoms with Gasteiger partial charge in [0.1, 0.15) is 11.6 Å². The van der Waals surface area contributed by atoms with Gasteiger partial charge in [0.15, 0.2) is 0 Å². The molecule has 0 fully saturated rings. The Labute approximate surface area is 158 Å². The molecule has 2 aromatic carbocycles. The lowest BCUT2D eigenvalue weighted by atomic mass is 10.2. The van der Waals surface area contributed by atoms with Gasteiger partial charge in [-0.1, -0.05) is 34.5 Å². The minimum absolute atomic E-state index is 0.222. The molecule has 5 nitrogen and oxygen atoms in total. The highest BCUT2D eigenvalue weighted by atomic mass is 79.9. The van der Waals surface area contributed by atoms with Gasteiger partial charge in [0.2, 0.25) is 0 Å². The number of hydrogen-bond acceptors (Lipinski definition) is 4. The van der Waals surface area contributed by atoms with Crippen molar-refractivity contribution in [2.45, 2.75) is 13.3 Å². The van der Waals surface area contributed by atoms with Crippen LogP contribution in [0.5, 0.6) is 5.75 Å². The van der Waals surface area contributed by atoms with Gasteiger partial charge in [0.05, 0.1) is 24.2 Å². The van der Waals surface area contributed by atoms with Crippen LogP contribution < -0.4 is 10.3 Å². The maximum Gasteiger partial charge on any atom is 0.282 e. The van der Waals surface area contributed by atoms with E-state index in [1.54, 1.807) is 37.6 Å². The van der Waals surface area contributed by atoms with Gasteiger partial charge in [-0.05, 0) is 36.4 Å². The number of nitrogens with zero attached hydrogens (tertiary/aromatic N) is 3. The standard InChI is InChI=1S/C18H15BrClN3O2/c1-3-17-22-15-6-4-12(19)9-14(15)18(24)23(17)21-10-11-8-13(20)5-7-16(11)25-2/h4-10H,3H2,1-2H3. The van der Waals surface area contributed by atoms with E-state index in [9.17, 15) is 4.79 Å². The summed E-state index contributed by atoms with van der Waals surface area (Å²) in [5, 5.41) is 5.40. The van der Waals surface area contributed by atoms with E-state index in [2.05, 4.69) is 26.0 Å². The topological polar surface area (TPSA) is 56.5 Å². The summed E-state index contributed by atoms with van der Waals surface area (Å²) in [7, 11) is 1.57. The number of aryl methyl sites for hydroxylation is 1. The quantitative estimate of drug-likeness (QED) is 0.592. The predicted molar refractivity (Wildman–Crippen MR) is 104 cm³/mol. The summed E-state index contributed by atoms with van der Waals surface area (Å²) in [4.78, 5) is 17.4. The summed E-state index contributed by atoms with van der Waals surface area (Å²) in [5.74, 6) is 1.20. The highest BCUT2D eigenvalue weighted by Gasteiger charge is 2.10. The van der Waals surface area contributed by atoms with E-state index in [1.807, 2.05) is 19.1 Å². The molecule has 3 rings (SSSR count). The fourth-order valence-corrected chi connectivity index (χ4v) is 3.01. The van der Waals surface area contributed by atoms with Crippen molar-refractivity contribution in [3.8, 4) is 5.75 Å². The highest BCUT2D eigenvalue weighted by Crippen LogP contribution is 2.21. The summed E-state index contributed by atoms with van der Waals surface area (Å²) in [5.41, 5.74) is 1.11. The highest BCUT2D eigenvalue weighted by molar-refractivity contribution is 9.10. The third-order valence-corrected chi connectivity index (χ3v) is 4.42. The van der Waals surface area contributed by atoms with Crippen LogP contribution in [0.3, 0.4) is 0 Å². The first-order chi connectivity index (χ1) is 12.0. The van der Waals surface area contributed by atoms with E-state index in [0.717, 1.165) is 4.47 Å². The van der Waals surface area contributed by atoms with Crippen molar-refractivity contribution in [1.29, 1.82) is 0 Å². The van der Waals surface area contributed by atoms with Crippen LogP contribution >= 0.6 is 27.5 Å². The van der Waals surface area contributed by atoms with Crippen molar-refractivity contribution in [1.82, 2.24) is 9.66 Å². The molecule has 0 saturated heterocycles. The minimum Gasteiger partial charge on any atom is -0.496 e. The molecule has 25 heavy (non-hydrogen) atoms. The van der Waals surface area contributed by atoms with Gasteiger partial charge >= 0.3 is 0 Å². The van der Waals surface area contributed by atoms with Crippen molar-refractivity contribution in [3.05, 3.63) is 67.6 Å². The first kappa shape index (κ1) is 17.6. The van der Waals surface area contributed by atoms with Gasteiger partial charge in [0.25, 0.3) is 5.56 Å². The first-order valence-electron chi connectivity index (χ1n) is 7.62. The van der Waals surface area contributed by atoms with Crippen LogP contribution in [0.4, 0.5) is 0 Å². The van der Waals surface area contributed by atoms with E-state index in [0.29, 0.717) is 39.5 Å². The Morgan fingerprint density at radius 1 is 1.32 bits per heavy atom. The maximum atomic E-state index is 12.8. The summed E-state index contributed by atoms with van der Waals surface area (Å²) >= 11 is 9.42. The molecule has 0 atom stereocenters. The fraction of sp³-hybridized carbons (Fsp3) is 0.167. The largest absolute Gasteiger partial charge is 0.496 e. The molecule has 0 radical (unpaired) electrons. The Morgan fingerprint density at radius 2 is 2.12 bits per heavy atom. The number of benzene rings is 2. The van der Waals surface area contributed by atoms with Crippen molar-refractivity contribution in [2.75, 3.05) is 7.11 Å². The number of methoxy groups -OCH3 is 1. The molecule has 0 bridgehead atoms. The molecule has 7 heteroatoms. The predicted octanol–water partition coefficient (Wildman–Crippen LogP) is 4.27. The van der Waals surface area contributed by atoms with Crippen molar-refractivity contribution < 1.29 is 4.74 Å². The summed E-state index contributed by atoms with van der Waals surface area (Å²) < 4.78 is 7.43. The molecule has 0 saturated carbocycles. The second-order valence-corrected chi connectivity index (χ2v) is 6.64. The lowest BCUT2D eigenvalue weighted by molar-refractivity contribution is 0.414. The zero-order valence-electron chi connectivity index (χ0n) is 13.7. The van der Waals surface area contributed by atoms with Gasteiger partial charge in [0, 0.05) is 21.5 Å². The molecule has 0 aliphatic carbocycles. The molecular weight excluding hydrogens is 406 g/mol. The van der Waals surface area contributed by atoms with Gasteiger partial charge in [-0.2, -0.15) is 9.78 Å². The summed E-state index contributed by atoms with van der Waals surface area (Å²) in [6.45, 7) is 1.93.